The first-order valence-electron chi connectivity index (χ1n) is 8.29. The van der Waals surface area contributed by atoms with Gasteiger partial charge in [-0.25, -0.2) is 10.4 Å². The summed E-state index contributed by atoms with van der Waals surface area (Å²) in [5.74, 6) is 0.120. The van der Waals surface area contributed by atoms with Crippen LogP contribution >= 0.6 is 11.8 Å². The number of phenolic OH excluding ortho intramolecular Hbond substituents is 1. The lowest BCUT2D eigenvalue weighted by Gasteiger charge is -2.06. The Morgan fingerprint density at radius 1 is 1.23 bits per heavy atom. The summed E-state index contributed by atoms with van der Waals surface area (Å²) < 4.78 is 2.09. The Bertz CT molecular complexity index is 965. The van der Waals surface area contributed by atoms with E-state index in [1.807, 2.05) is 24.3 Å². The van der Waals surface area contributed by atoms with Crippen LogP contribution in [0.15, 0.2) is 58.8 Å². The second kappa shape index (κ2) is 8.05. The van der Waals surface area contributed by atoms with Crippen LogP contribution in [0.2, 0.25) is 0 Å². The molecule has 0 spiro atoms. The van der Waals surface area contributed by atoms with Crippen LogP contribution < -0.4 is 5.43 Å². The number of aryl methyl sites for hydroxylation is 1. The minimum atomic E-state index is -0.223. The van der Waals surface area contributed by atoms with Gasteiger partial charge in [0.2, 0.25) is 0 Å². The Morgan fingerprint density at radius 3 is 2.73 bits per heavy atom. The molecular formula is C19H20N4O2S. The summed E-state index contributed by atoms with van der Waals surface area (Å²) >= 11 is 1.38. The molecule has 6 nitrogen and oxygen atoms in total. The number of imidazole rings is 1. The van der Waals surface area contributed by atoms with Crippen LogP contribution in [0.3, 0.4) is 0 Å². The van der Waals surface area contributed by atoms with Gasteiger partial charge in [0.25, 0.3) is 5.91 Å². The van der Waals surface area contributed by atoms with Crippen LogP contribution in [-0.2, 0) is 11.3 Å². The highest BCUT2D eigenvalue weighted by Gasteiger charge is 2.12. The van der Waals surface area contributed by atoms with E-state index in [4.69, 9.17) is 0 Å². The van der Waals surface area contributed by atoms with Gasteiger partial charge in [-0.15, -0.1) is 0 Å². The minimum absolute atomic E-state index is 0.133. The lowest BCUT2D eigenvalue weighted by atomic mass is 10.1. The summed E-state index contributed by atoms with van der Waals surface area (Å²) in [6.07, 6.45) is 0. The summed E-state index contributed by atoms with van der Waals surface area (Å²) in [4.78, 5) is 16.7. The summed E-state index contributed by atoms with van der Waals surface area (Å²) in [6.45, 7) is 4.58. The number of aromatic hydroxyl groups is 1. The summed E-state index contributed by atoms with van der Waals surface area (Å²) in [6, 6.07) is 14.8. The van der Waals surface area contributed by atoms with Gasteiger partial charge in [-0.1, -0.05) is 36.0 Å². The number of fused-ring (bicyclic) bond motifs is 1. The molecule has 0 bridgehead atoms. The molecule has 0 aliphatic rings. The molecular weight excluding hydrogens is 348 g/mol. The second-order valence-electron chi connectivity index (χ2n) is 5.67. The SMILES string of the molecule is CCn1c(SCC(=O)NN=C(C)c2ccccc2O)nc2ccccc21. The number of rotatable bonds is 6. The third-order valence-electron chi connectivity index (χ3n) is 3.91. The van der Waals surface area contributed by atoms with Crippen molar-refractivity contribution in [2.24, 2.45) is 5.10 Å². The van der Waals surface area contributed by atoms with Crippen LogP contribution in [-0.4, -0.2) is 32.0 Å². The molecule has 0 radical (unpaired) electrons. The largest absolute Gasteiger partial charge is 0.507 e. The normalized spacial score (nSPS) is 11.7. The molecule has 0 fully saturated rings. The molecule has 2 N–H and O–H groups in total. The van der Waals surface area contributed by atoms with E-state index in [9.17, 15) is 9.90 Å². The highest BCUT2D eigenvalue weighted by atomic mass is 32.2. The molecule has 3 rings (SSSR count). The summed E-state index contributed by atoms with van der Waals surface area (Å²) in [5, 5.41) is 14.7. The fraction of sp³-hybridized carbons (Fsp3) is 0.211. The van der Waals surface area contributed by atoms with Crippen molar-refractivity contribution in [2.45, 2.75) is 25.5 Å². The number of para-hydroxylation sites is 3. The van der Waals surface area contributed by atoms with E-state index in [0.29, 0.717) is 11.3 Å². The number of phenols is 1. The van der Waals surface area contributed by atoms with Crippen molar-refractivity contribution in [1.82, 2.24) is 15.0 Å². The zero-order valence-electron chi connectivity index (χ0n) is 14.6. The first kappa shape index (κ1) is 18.0. The Hall–Kier alpha value is -2.80. The Kier molecular flexibility index (Phi) is 5.58. The van der Waals surface area contributed by atoms with Gasteiger partial charge in [0.1, 0.15) is 5.75 Å². The number of nitrogens with zero attached hydrogens (tertiary/aromatic N) is 3. The molecule has 134 valence electrons. The van der Waals surface area contributed by atoms with Crippen LogP contribution in [0.25, 0.3) is 11.0 Å². The maximum absolute atomic E-state index is 12.1. The van der Waals surface area contributed by atoms with E-state index in [2.05, 4.69) is 27.0 Å². The Labute approximate surface area is 155 Å². The van der Waals surface area contributed by atoms with E-state index in [0.717, 1.165) is 22.7 Å². The van der Waals surface area contributed by atoms with E-state index in [1.54, 1.807) is 31.2 Å². The van der Waals surface area contributed by atoms with Crippen LogP contribution in [0.4, 0.5) is 0 Å². The Balaban J connectivity index is 1.64. The van der Waals surface area contributed by atoms with Crippen molar-refractivity contribution in [3.05, 3.63) is 54.1 Å². The molecule has 2 aromatic carbocycles. The number of amides is 1. The van der Waals surface area contributed by atoms with Gasteiger partial charge in [-0.2, -0.15) is 5.10 Å². The standard InChI is InChI=1S/C19H20N4O2S/c1-3-23-16-10-6-5-9-15(16)20-19(23)26-12-18(25)22-21-13(2)14-8-4-7-11-17(14)24/h4-11,24H,3,12H2,1-2H3,(H,22,25). The number of hydrogen-bond donors (Lipinski definition) is 2. The molecule has 26 heavy (non-hydrogen) atoms. The van der Waals surface area contributed by atoms with Gasteiger partial charge in [0.05, 0.1) is 22.5 Å². The average Bonchev–Trinajstić information content (AvgIpc) is 3.02. The second-order valence-corrected chi connectivity index (χ2v) is 6.61. The van der Waals surface area contributed by atoms with Gasteiger partial charge < -0.3 is 9.67 Å². The molecule has 0 unspecified atom stereocenters. The molecule has 0 saturated heterocycles. The zero-order valence-corrected chi connectivity index (χ0v) is 15.5. The van der Waals surface area contributed by atoms with E-state index < -0.39 is 0 Å². The van der Waals surface area contributed by atoms with E-state index in [-0.39, 0.29) is 17.4 Å². The maximum atomic E-state index is 12.1. The lowest BCUT2D eigenvalue weighted by molar-refractivity contribution is -0.118. The number of aromatic nitrogens is 2. The number of thioether (sulfide) groups is 1. The number of carbonyl (C=O) groups excluding carboxylic acids is 1. The average molecular weight is 368 g/mol. The number of nitrogens with one attached hydrogen (secondary N) is 1. The number of benzene rings is 2. The van der Waals surface area contributed by atoms with Gasteiger partial charge in [0.15, 0.2) is 5.16 Å². The predicted molar refractivity (Wildman–Crippen MR) is 105 cm³/mol. The molecule has 3 aromatic rings. The number of hydrazone groups is 1. The van der Waals surface area contributed by atoms with Gasteiger partial charge in [0, 0.05) is 12.1 Å². The van der Waals surface area contributed by atoms with Crippen molar-refractivity contribution in [2.75, 3.05) is 5.75 Å². The number of carbonyl (C=O) groups is 1. The van der Waals surface area contributed by atoms with Crippen molar-refractivity contribution in [3.63, 3.8) is 0 Å². The Morgan fingerprint density at radius 2 is 1.96 bits per heavy atom. The third-order valence-corrected chi connectivity index (χ3v) is 4.89. The van der Waals surface area contributed by atoms with E-state index in [1.165, 1.54) is 11.8 Å². The molecule has 0 saturated carbocycles. The first-order chi connectivity index (χ1) is 12.6. The van der Waals surface area contributed by atoms with Gasteiger partial charge >= 0.3 is 0 Å². The van der Waals surface area contributed by atoms with Crippen LogP contribution in [0.5, 0.6) is 5.75 Å². The lowest BCUT2D eigenvalue weighted by Crippen LogP contribution is -2.21. The maximum Gasteiger partial charge on any atom is 0.250 e. The number of hydrogen-bond acceptors (Lipinski definition) is 5. The smallest absolute Gasteiger partial charge is 0.250 e. The molecule has 1 aromatic heterocycles. The zero-order chi connectivity index (χ0) is 18.5. The fourth-order valence-corrected chi connectivity index (χ4v) is 3.49. The van der Waals surface area contributed by atoms with Crippen molar-refractivity contribution in [3.8, 4) is 5.75 Å². The highest BCUT2D eigenvalue weighted by molar-refractivity contribution is 7.99. The van der Waals surface area contributed by atoms with Crippen molar-refractivity contribution < 1.29 is 9.90 Å². The minimum Gasteiger partial charge on any atom is -0.507 e. The van der Waals surface area contributed by atoms with Gasteiger partial charge in [-0.05, 0) is 38.1 Å². The topological polar surface area (TPSA) is 79.5 Å². The quantitative estimate of drug-likeness (QED) is 0.397. The van der Waals surface area contributed by atoms with Crippen LogP contribution in [0.1, 0.15) is 19.4 Å². The first-order valence-corrected chi connectivity index (χ1v) is 9.28. The predicted octanol–water partition coefficient (Wildman–Crippen LogP) is 3.39. The van der Waals surface area contributed by atoms with Crippen LogP contribution in [0, 0.1) is 0 Å². The highest BCUT2D eigenvalue weighted by Crippen LogP contribution is 2.23. The molecule has 0 aliphatic heterocycles. The summed E-state index contributed by atoms with van der Waals surface area (Å²) in [7, 11) is 0. The fourth-order valence-electron chi connectivity index (χ4n) is 2.62. The molecule has 7 heteroatoms. The third kappa shape index (κ3) is 3.88. The van der Waals surface area contributed by atoms with E-state index >= 15 is 0 Å². The molecule has 1 heterocycles. The van der Waals surface area contributed by atoms with Gasteiger partial charge in [-0.3, -0.25) is 4.79 Å². The molecule has 0 atom stereocenters. The molecule has 1 amide bonds. The monoisotopic (exact) mass is 368 g/mol. The van der Waals surface area contributed by atoms with Crippen molar-refractivity contribution >= 4 is 34.4 Å². The van der Waals surface area contributed by atoms with Crippen molar-refractivity contribution in [1.29, 1.82) is 0 Å². The molecule has 0 aliphatic carbocycles. The summed E-state index contributed by atoms with van der Waals surface area (Å²) in [5.41, 5.74) is 5.65.